The molecular formula is C13H18N2O2S2. The van der Waals surface area contributed by atoms with Crippen molar-refractivity contribution in [3.05, 3.63) is 35.9 Å². The fraction of sp³-hybridized carbons (Fsp3) is 0.462. The minimum Gasteiger partial charge on any atom is -0.352 e. The van der Waals surface area contributed by atoms with Crippen LogP contribution in [0.15, 0.2) is 30.3 Å². The molecule has 19 heavy (non-hydrogen) atoms. The fourth-order valence-electron chi connectivity index (χ4n) is 2.20. The van der Waals surface area contributed by atoms with Gasteiger partial charge in [-0.05, 0) is 5.56 Å². The zero-order valence-electron chi connectivity index (χ0n) is 11.1. The minimum atomic E-state index is -3.16. The molecular weight excluding hydrogens is 280 g/mol. The van der Waals surface area contributed by atoms with Crippen LogP contribution in [0.1, 0.15) is 17.9 Å². The lowest BCUT2D eigenvalue weighted by atomic mass is 9.99. The third-order valence-electron chi connectivity index (χ3n) is 3.42. The molecule has 1 aliphatic heterocycles. The Morgan fingerprint density at radius 2 is 2.00 bits per heavy atom. The van der Waals surface area contributed by atoms with Crippen LogP contribution in [0.25, 0.3) is 0 Å². The molecule has 1 atom stereocenters. The van der Waals surface area contributed by atoms with Crippen LogP contribution >= 0.6 is 12.2 Å². The Labute approximate surface area is 120 Å². The van der Waals surface area contributed by atoms with Gasteiger partial charge in [0.15, 0.2) is 0 Å². The summed E-state index contributed by atoms with van der Waals surface area (Å²) in [5.41, 5.74) is 1.26. The molecule has 0 amide bonds. The molecule has 1 heterocycles. The second-order valence-electron chi connectivity index (χ2n) is 4.93. The first-order valence-corrected chi connectivity index (χ1v) is 8.37. The Morgan fingerprint density at radius 3 is 2.58 bits per heavy atom. The van der Waals surface area contributed by atoms with Gasteiger partial charge in [0.2, 0.25) is 10.0 Å². The van der Waals surface area contributed by atoms with Crippen LogP contribution < -0.4 is 0 Å². The van der Waals surface area contributed by atoms with Crippen molar-refractivity contribution >= 4 is 27.2 Å². The lowest BCUT2D eigenvalue weighted by Crippen LogP contribution is -2.38. The van der Waals surface area contributed by atoms with Crippen molar-refractivity contribution in [3.8, 4) is 0 Å². The standard InChI is InChI=1S/C13H18N2O2S2/c1-14(19(2,16)17)10-15-9-12(8-13(15)18)11-6-4-3-5-7-11/h3-7,12H,8-10H2,1-2H3. The molecule has 1 aromatic carbocycles. The summed E-state index contributed by atoms with van der Waals surface area (Å²) in [5, 5.41) is 0. The predicted octanol–water partition coefficient (Wildman–Crippen LogP) is 1.65. The SMILES string of the molecule is CN(CN1CC(c2ccccc2)CC1=S)S(C)(=O)=O. The Kier molecular flexibility index (Phi) is 4.23. The quantitative estimate of drug-likeness (QED) is 0.793. The number of benzene rings is 1. The van der Waals surface area contributed by atoms with Crippen molar-refractivity contribution in [3.63, 3.8) is 0 Å². The van der Waals surface area contributed by atoms with Crippen LogP contribution in [-0.4, -0.2) is 49.1 Å². The zero-order chi connectivity index (χ0) is 14.0. The third-order valence-corrected chi connectivity index (χ3v) is 5.09. The van der Waals surface area contributed by atoms with Crippen molar-refractivity contribution in [2.24, 2.45) is 0 Å². The minimum absolute atomic E-state index is 0.334. The molecule has 0 N–H and O–H groups in total. The third kappa shape index (κ3) is 3.52. The molecule has 0 aliphatic carbocycles. The lowest BCUT2D eigenvalue weighted by molar-refractivity contribution is 0.323. The van der Waals surface area contributed by atoms with Crippen LogP contribution in [-0.2, 0) is 10.0 Å². The Balaban J connectivity index is 2.05. The van der Waals surface area contributed by atoms with Crippen molar-refractivity contribution in [1.82, 2.24) is 9.21 Å². The highest BCUT2D eigenvalue weighted by atomic mass is 32.2. The summed E-state index contributed by atoms with van der Waals surface area (Å²) in [6, 6.07) is 10.2. The van der Waals surface area contributed by atoms with E-state index in [0.717, 1.165) is 18.0 Å². The molecule has 0 bridgehead atoms. The summed E-state index contributed by atoms with van der Waals surface area (Å²) < 4.78 is 24.2. The molecule has 0 saturated carbocycles. The number of rotatable bonds is 4. The number of nitrogens with zero attached hydrogens (tertiary/aromatic N) is 2. The molecule has 1 fully saturated rings. The van der Waals surface area contributed by atoms with E-state index in [4.69, 9.17) is 12.2 Å². The van der Waals surface area contributed by atoms with Crippen molar-refractivity contribution in [1.29, 1.82) is 0 Å². The number of likely N-dealkylation sites (tertiary alicyclic amines) is 1. The van der Waals surface area contributed by atoms with E-state index in [1.54, 1.807) is 7.05 Å². The second-order valence-corrected chi connectivity index (χ2v) is 7.49. The van der Waals surface area contributed by atoms with Gasteiger partial charge in [-0.2, -0.15) is 4.31 Å². The number of thiocarbonyl (C=S) groups is 1. The highest BCUT2D eigenvalue weighted by Crippen LogP contribution is 2.28. The first kappa shape index (κ1) is 14.4. The average molecular weight is 298 g/mol. The topological polar surface area (TPSA) is 40.6 Å². The monoisotopic (exact) mass is 298 g/mol. The van der Waals surface area contributed by atoms with Gasteiger partial charge in [0.05, 0.1) is 17.9 Å². The molecule has 1 aromatic rings. The Bertz CT molecular complexity index is 557. The summed E-state index contributed by atoms with van der Waals surface area (Å²) in [7, 11) is -1.59. The first-order valence-electron chi connectivity index (χ1n) is 6.12. The highest BCUT2D eigenvalue weighted by molar-refractivity contribution is 7.88. The van der Waals surface area contributed by atoms with Gasteiger partial charge >= 0.3 is 0 Å². The normalized spacial score (nSPS) is 20.3. The molecule has 1 saturated heterocycles. The van der Waals surface area contributed by atoms with Gasteiger partial charge in [0.1, 0.15) is 0 Å². The molecule has 1 aliphatic rings. The molecule has 0 radical (unpaired) electrons. The van der Waals surface area contributed by atoms with Gasteiger partial charge in [0.25, 0.3) is 0 Å². The second kappa shape index (κ2) is 5.56. The largest absolute Gasteiger partial charge is 0.352 e. The van der Waals surface area contributed by atoms with Crippen LogP contribution in [0.2, 0.25) is 0 Å². The molecule has 0 spiro atoms. The van der Waals surface area contributed by atoms with Gasteiger partial charge in [-0.15, -0.1) is 0 Å². The van der Waals surface area contributed by atoms with E-state index in [0.29, 0.717) is 12.6 Å². The van der Waals surface area contributed by atoms with Gasteiger partial charge in [-0.25, -0.2) is 8.42 Å². The van der Waals surface area contributed by atoms with Gasteiger partial charge in [0, 0.05) is 25.9 Å². The van der Waals surface area contributed by atoms with Gasteiger partial charge < -0.3 is 4.90 Å². The van der Waals surface area contributed by atoms with E-state index < -0.39 is 10.0 Å². The number of hydrogen-bond acceptors (Lipinski definition) is 3. The van der Waals surface area contributed by atoms with E-state index >= 15 is 0 Å². The maximum absolute atomic E-state index is 11.4. The van der Waals surface area contributed by atoms with E-state index in [9.17, 15) is 8.42 Å². The van der Waals surface area contributed by atoms with Crippen LogP contribution in [0.5, 0.6) is 0 Å². The van der Waals surface area contributed by atoms with E-state index in [1.165, 1.54) is 16.1 Å². The molecule has 104 valence electrons. The van der Waals surface area contributed by atoms with Crippen molar-refractivity contribution in [2.75, 3.05) is 26.5 Å². The molecule has 4 nitrogen and oxygen atoms in total. The highest BCUT2D eigenvalue weighted by Gasteiger charge is 2.29. The Morgan fingerprint density at radius 1 is 1.37 bits per heavy atom. The fourth-order valence-corrected chi connectivity index (χ4v) is 2.89. The van der Waals surface area contributed by atoms with Gasteiger partial charge in [-0.3, -0.25) is 0 Å². The summed E-state index contributed by atoms with van der Waals surface area (Å²) in [6.07, 6.45) is 2.03. The molecule has 6 heteroatoms. The zero-order valence-corrected chi connectivity index (χ0v) is 12.7. The predicted molar refractivity (Wildman–Crippen MR) is 80.6 cm³/mol. The lowest BCUT2D eigenvalue weighted by Gasteiger charge is -2.24. The number of sulfonamides is 1. The maximum atomic E-state index is 11.4. The molecule has 1 unspecified atom stereocenters. The van der Waals surface area contributed by atoms with E-state index in [1.807, 2.05) is 23.1 Å². The van der Waals surface area contributed by atoms with Crippen LogP contribution in [0.3, 0.4) is 0 Å². The Hall–Kier alpha value is -0.980. The van der Waals surface area contributed by atoms with Crippen molar-refractivity contribution < 1.29 is 8.42 Å². The summed E-state index contributed by atoms with van der Waals surface area (Å²) in [6.45, 7) is 1.11. The van der Waals surface area contributed by atoms with Crippen molar-refractivity contribution in [2.45, 2.75) is 12.3 Å². The summed E-state index contributed by atoms with van der Waals surface area (Å²) in [5.74, 6) is 0.363. The smallest absolute Gasteiger partial charge is 0.212 e. The van der Waals surface area contributed by atoms with Gasteiger partial charge in [-0.1, -0.05) is 42.5 Å². The van der Waals surface area contributed by atoms with E-state index in [-0.39, 0.29) is 0 Å². The van der Waals surface area contributed by atoms with Crippen LogP contribution in [0.4, 0.5) is 0 Å². The van der Waals surface area contributed by atoms with Crippen LogP contribution in [0, 0.1) is 0 Å². The summed E-state index contributed by atoms with van der Waals surface area (Å²) >= 11 is 5.36. The van der Waals surface area contributed by atoms with E-state index in [2.05, 4.69) is 12.1 Å². The maximum Gasteiger partial charge on any atom is 0.212 e. The first-order chi connectivity index (χ1) is 8.88. The number of hydrogen-bond donors (Lipinski definition) is 0. The average Bonchev–Trinajstić information content (AvgIpc) is 2.71. The summed E-state index contributed by atoms with van der Waals surface area (Å²) in [4.78, 5) is 2.80. The molecule has 0 aromatic heterocycles. The molecule has 2 rings (SSSR count).